The van der Waals surface area contributed by atoms with Gasteiger partial charge in [-0.3, -0.25) is 14.5 Å². The van der Waals surface area contributed by atoms with Gasteiger partial charge in [-0.2, -0.15) is 4.31 Å². The average Bonchev–Trinajstić information content (AvgIpc) is 2.69. The van der Waals surface area contributed by atoms with E-state index in [1.54, 1.807) is 6.07 Å². The summed E-state index contributed by atoms with van der Waals surface area (Å²) in [7, 11) is -3.82. The predicted octanol–water partition coefficient (Wildman–Crippen LogP) is -1.13. The van der Waals surface area contributed by atoms with Gasteiger partial charge in [-0.1, -0.05) is 6.07 Å². The Morgan fingerprint density at radius 1 is 1.22 bits per heavy atom. The van der Waals surface area contributed by atoms with Gasteiger partial charge in [0.25, 0.3) is 5.91 Å². The van der Waals surface area contributed by atoms with Gasteiger partial charge in [0.15, 0.2) is 0 Å². The van der Waals surface area contributed by atoms with Crippen molar-refractivity contribution < 1.29 is 22.7 Å². The van der Waals surface area contributed by atoms with Crippen LogP contribution in [0.15, 0.2) is 29.2 Å². The minimum absolute atomic E-state index is 0.0121. The van der Waals surface area contributed by atoms with Crippen molar-refractivity contribution in [3.05, 3.63) is 29.8 Å². The summed E-state index contributed by atoms with van der Waals surface area (Å²) < 4.78 is 31.9. The molecule has 2 aliphatic rings. The van der Waals surface area contributed by atoms with Gasteiger partial charge in [0.1, 0.15) is 0 Å². The van der Waals surface area contributed by atoms with Crippen LogP contribution in [0.5, 0.6) is 0 Å². The standard InChI is InChI=1S/C17H24N4O5S/c22-16-13-21(7-5-18-16)27(24,25)15-3-1-2-14(12-15)17(23)19-4-6-20-8-10-26-11-9-20/h1-3,12H,4-11,13H2,(H,18,22)(H,19,23). The first kappa shape index (κ1) is 19.7. The summed E-state index contributed by atoms with van der Waals surface area (Å²) in [5, 5.41) is 5.41. The molecule has 10 heteroatoms. The van der Waals surface area contributed by atoms with Crippen LogP contribution in [0.4, 0.5) is 0 Å². The Hall–Kier alpha value is -2.01. The van der Waals surface area contributed by atoms with Crippen molar-refractivity contribution in [3.63, 3.8) is 0 Å². The van der Waals surface area contributed by atoms with Gasteiger partial charge >= 0.3 is 0 Å². The molecule has 9 nitrogen and oxygen atoms in total. The largest absolute Gasteiger partial charge is 0.379 e. The monoisotopic (exact) mass is 396 g/mol. The van der Waals surface area contributed by atoms with E-state index in [9.17, 15) is 18.0 Å². The van der Waals surface area contributed by atoms with Crippen molar-refractivity contribution in [3.8, 4) is 0 Å². The molecule has 0 atom stereocenters. The smallest absolute Gasteiger partial charge is 0.251 e. The number of nitrogens with zero attached hydrogens (tertiary/aromatic N) is 2. The van der Waals surface area contributed by atoms with Crippen LogP contribution in [0.2, 0.25) is 0 Å². The third kappa shape index (κ3) is 5.04. The number of hydrogen-bond donors (Lipinski definition) is 2. The van der Waals surface area contributed by atoms with Crippen LogP contribution in [0.1, 0.15) is 10.4 Å². The zero-order valence-electron chi connectivity index (χ0n) is 15.0. The quantitative estimate of drug-likeness (QED) is 0.630. The molecule has 1 aromatic carbocycles. The molecule has 0 spiro atoms. The Morgan fingerprint density at radius 3 is 2.74 bits per heavy atom. The number of nitrogens with one attached hydrogen (secondary N) is 2. The number of rotatable bonds is 6. The van der Waals surface area contributed by atoms with Crippen LogP contribution in [-0.4, -0.2) is 88.5 Å². The fourth-order valence-corrected chi connectivity index (χ4v) is 4.46. The lowest BCUT2D eigenvalue weighted by atomic mass is 10.2. The van der Waals surface area contributed by atoms with Gasteiger partial charge < -0.3 is 15.4 Å². The average molecular weight is 396 g/mol. The molecule has 2 aliphatic heterocycles. The summed E-state index contributed by atoms with van der Waals surface area (Å²) in [5.74, 6) is -0.654. The van der Waals surface area contributed by atoms with Crippen molar-refractivity contribution in [1.82, 2.24) is 19.8 Å². The fourth-order valence-electron chi connectivity index (χ4n) is 3.02. The van der Waals surface area contributed by atoms with Gasteiger partial charge in [0.2, 0.25) is 15.9 Å². The van der Waals surface area contributed by atoms with Crippen molar-refractivity contribution >= 4 is 21.8 Å². The van der Waals surface area contributed by atoms with Crippen LogP contribution < -0.4 is 10.6 Å². The number of piperazine rings is 1. The van der Waals surface area contributed by atoms with E-state index < -0.39 is 10.0 Å². The van der Waals surface area contributed by atoms with Crippen LogP contribution in [0.3, 0.4) is 0 Å². The molecule has 3 rings (SSSR count). The second kappa shape index (κ2) is 8.79. The van der Waals surface area contributed by atoms with Crippen LogP contribution in [-0.2, 0) is 19.6 Å². The molecule has 148 valence electrons. The molecule has 0 bridgehead atoms. The zero-order valence-corrected chi connectivity index (χ0v) is 15.8. The Kier molecular flexibility index (Phi) is 6.42. The summed E-state index contributed by atoms with van der Waals surface area (Å²) in [6.07, 6.45) is 0. The van der Waals surface area contributed by atoms with E-state index in [1.165, 1.54) is 18.2 Å². The summed E-state index contributed by atoms with van der Waals surface area (Å²) in [6, 6.07) is 5.90. The lowest BCUT2D eigenvalue weighted by Crippen LogP contribution is -2.49. The summed E-state index contributed by atoms with van der Waals surface area (Å²) in [5.41, 5.74) is 0.277. The second-order valence-electron chi connectivity index (χ2n) is 6.43. The number of sulfonamides is 1. The third-order valence-electron chi connectivity index (χ3n) is 4.55. The highest BCUT2D eigenvalue weighted by Gasteiger charge is 2.29. The van der Waals surface area contributed by atoms with Crippen LogP contribution >= 0.6 is 0 Å². The molecule has 1 aromatic rings. The minimum atomic E-state index is -3.82. The summed E-state index contributed by atoms with van der Waals surface area (Å²) in [6.45, 7) is 4.55. The molecule has 2 N–H and O–H groups in total. The Morgan fingerprint density at radius 2 is 2.00 bits per heavy atom. The van der Waals surface area contributed by atoms with E-state index in [4.69, 9.17) is 4.74 Å². The Bertz CT molecular complexity index is 792. The maximum Gasteiger partial charge on any atom is 0.251 e. The Labute approximate surface area is 158 Å². The van der Waals surface area contributed by atoms with Gasteiger partial charge in [-0.15, -0.1) is 0 Å². The molecular formula is C17H24N4O5S. The third-order valence-corrected chi connectivity index (χ3v) is 6.40. The lowest BCUT2D eigenvalue weighted by molar-refractivity contribution is -0.122. The van der Waals surface area contributed by atoms with Crippen molar-refractivity contribution in [2.75, 3.05) is 59.0 Å². The van der Waals surface area contributed by atoms with E-state index in [0.29, 0.717) is 19.8 Å². The fraction of sp³-hybridized carbons (Fsp3) is 0.529. The molecule has 2 fully saturated rings. The number of hydrogen-bond acceptors (Lipinski definition) is 6. The van der Waals surface area contributed by atoms with Crippen molar-refractivity contribution in [2.45, 2.75) is 4.90 Å². The van der Waals surface area contributed by atoms with E-state index in [2.05, 4.69) is 15.5 Å². The topological polar surface area (TPSA) is 108 Å². The van der Waals surface area contributed by atoms with Gasteiger partial charge in [-0.05, 0) is 18.2 Å². The lowest BCUT2D eigenvalue weighted by Gasteiger charge is -2.26. The van der Waals surface area contributed by atoms with E-state index in [-0.39, 0.29) is 41.9 Å². The summed E-state index contributed by atoms with van der Waals surface area (Å²) in [4.78, 5) is 26.1. The highest BCUT2D eigenvalue weighted by Crippen LogP contribution is 2.18. The molecular weight excluding hydrogens is 372 g/mol. The maximum absolute atomic E-state index is 12.7. The second-order valence-corrected chi connectivity index (χ2v) is 8.36. The molecule has 2 saturated heterocycles. The number of ether oxygens (including phenoxy) is 1. The molecule has 0 radical (unpaired) electrons. The van der Waals surface area contributed by atoms with Crippen molar-refractivity contribution in [1.29, 1.82) is 0 Å². The molecule has 2 heterocycles. The highest BCUT2D eigenvalue weighted by atomic mass is 32.2. The number of morpholine rings is 1. The number of amides is 2. The van der Waals surface area contributed by atoms with Crippen LogP contribution in [0.25, 0.3) is 0 Å². The maximum atomic E-state index is 12.7. The molecule has 2 amide bonds. The van der Waals surface area contributed by atoms with E-state index in [0.717, 1.165) is 23.9 Å². The number of carbonyl (C=O) groups is 2. The normalized spacial score (nSPS) is 19.5. The van der Waals surface area contributed by atoms with Gasteiger partial charge in [0, 0.05) is 44.8 Å². The van der Waals surface area contributed by atoms with Gasteiger partial charge in [-0.25, -0.2) is 8.42 Å². The van der Waals surface area contributed by atoms with Crippen LogP contribution in [0, 0.1) is 0 Å². The predicted molar refractivity (Wildman–Crippen MR) is 97.8 cm³/mol. The molecule has 27 heavy (non-hydrogen) atoms. The van der Waals surface area contributed by atoms with Crippen molar-refractivity contribution in [2.24, 2.45) is 0 Å². The zero-order chi connectivity index (χ0) is 19.3. The summed E-state index contributed by atoms with van der Waals surface area (Å²) >= 11 is 0. The molecule has 0 unspecified atom stereocenters. The first-order valence-corrected chi connectivity index (χ1v) is 10.4. The first-order chi connectivity index (χ1) is 13.0. The SMILES string of the molecule is O=C1CN(S(=O)(=O)c2cccc(C(=O)NCCN3CCOCC3)c2)CCN1. The Balaban J connectivity index is 1.62. The van der Waals surface area contributed by atoms with Gasteiger partial charge in [0.05, 0.1) is 24.7 Å². The molecule has 0 saturated carbocycles. The van der Waals surface area contributed by atoms with E-state index in [1.807, 2.05) is 0 Å². The first-order valence-electron chi connectivity index (χ1n) is 8.92. The highest BCUT2D eigenvalue weighted by molar-refractivity contribution is 7.89. The minimum Gasteiger partial charge on any atom is -0.379 e. The molecule has 0 aromatic heterocycles. The number of benzene rings is 1. The van der Waals surface area contributed by atoms with E-state index >= 15 is 0 Å². The molecule has 0 aliphatic carbocycles. The number of carbonyl (C=O) groups excluding carboxylic acids is 2.